The summed E-state index contributed by atoms with van der Waals surface area (Å²) in [5.41, 5.74) is 15.1. The highest BCUT2D eigenvalue weighted by molar-refractivity contribution is 8.00. The summed E-state index contributed by atoms with van der Waals surface area (Å²) in [5, 5.41) is 0. The quantitative estimate of drug-likeness (QED) is 0.245. The fourth-order valence-corrected chi connectivity index (χ4v) is 12.2. The van der Waals surface area contributed by atoms with E-state index in [4.69, 9.17) is 0 Å². The third-order valence-corrected chi connectivity index (χ3v) is 14.4. The van der Waals surface area contributed by atoms with Gasteiger partial charge in [0.1, 0.15) is 20.7 Å². The van der Waals surface area contributed by atoms with Gasteiger partial charge >= 0.3 is 0 Å². The zero-order chi connectivity index (χ0) is 26.5. The molecule has 1 aliphatic rings. The zero-order valence-corrected chi connectivity index (χ0v) is 25.3. The summed E-state index contributed by atoms with van der Waals surface area (Å²) in [7, 11) is -4.19. The highest BCUT2D eigenvalue weighted by Crippen LogP contribution is 2.53. The minimum Gasteiger partial charge on any atom is -0.218 e. The Kier molecular flexibility index (Phi) is 6.13. The summed E-state index contributed by atoms with van der Waals surface area (Å²) in [5.74, 6) is 0. The number of hydrogen-bond acceptors (Lipinski definition) is 2. The van der Waals surface area contributed by atoms with Gasteiger partial charge in [0, 0.05) is 22.3 Å². The summed E-state index contributed by atoms with van der Waals surface area (Å²) in [6.07, 6.45) is 0. The van der Waals surface area contributed by atoms with Crippen molar-refractivity contribution in [3.8, 4) is 0 Å². The molecule has 0 amide bonds. The van der Waals surface area contributed by atoms with Crippen LogP contribution in [0.2, 0.25) is 0 Å². The summed E-state index contributed by atoms with van der Waals surface area (Å²) in [4.78, 5) is 4.43. The van der Waals surface area contributed by atoms with Gasteiger partial charge in [0.05, 0.1) is 0 Å². The number of rotatable bonds is 1. The van der Waals surface area contributed by atoms with Crippen molar-refractivity contribution in [1.29, 1.82) is 0 Å². The lowest BCUT2D eigenvalue weighted by molar-refractivity contribution is 0.587. The first-order valence-electron chi connectivity index (χ1n) is 12.4. The molecule has 0 fully saturated rings. The molecule has 0 bridgehead atoms. The highest BCUT2D eigenvalue weighted by Gasteiger charge is 2.51. The minimum absolute atomic E-state index is 0.516. The predicted octanol–water partition coefficient (Wildman–Crippen LogP) is 7.94. The van der Waals surface area contributed by atoms with Crippen LogP contribution in [0, 0.1) is 90.0 Å². The van der Waals surface area contributed by atoms with Gasteiger partial charge in [-0.2, -0.15) is 0 Å². The number of benzene rings is 3. The lowest BCUT2D eigenvalue weighted by Gasteiger charge is -2.30. The van der Waals surface area contributed by atoms with E-state index in [2.05, 4.69) is 76.2 Å². The first kappa shape index (κ1) is 26.0. The zero-order valence-electron chi connectivity index (χ0n) is 23.6. The molecule has 1 heterocycles. The van der Waals surface area contributed by atoms with E-state index < -0.39 is 20.7 Å². The Hall–Kier alpha value is -2.04. The summed E-state index contributed by atoms with van der Waals surface area (Å²) >= 11 is 0. The van der Waals surface area contributed by atoms with Crippen LogP contribution in [0.5, 0.6) is 0 Å². The van der Waals surface area contributed by atoms with E-state index in [0.717, 1.165) is 43.2 Å². The van der Waals surface area contributed by atoms with Crippen molar-refractivity contribution in [2.45, 2.75) is 114 Å². The van der Waals surface area contributed by atoms with Crippen molar-refractivity contribution in [2.75, 3.05) is 0 Å². The first-order valence-corrected chi connectivity index (χ1v) is 15.1. The molecule has 0 atom stereocenters. The van der Waals surface area contributed by atoms with Crippen LogP contribution >= 0.6 is 0 Å². The Morgan fingerprint density at radius 3 is 0.886 bits per heavy atom. The molecule has 186 valence electrons. The van der Waals surface area contributed by atoms with E-state index in [1.807, 2.05) is 13.8 Å². The van der Waals surface area contributed by atoms with E-state index in [-0.39, 0.29) is 0 Å². The maximum atomic E-state index is 14.5. The van der Waals surface area contributed by atoms with Gasteiger partial charge in [-0.25, -0.2) is 8.42 Å². The number of fused-ring (bicyclic) bond motifs is 2. The molecule has 1 aliphatic heterocycles. The molecule has 0 spiro atoms. The van der Waals surface area contributed by atoms with E-state index in [9.17, 15) is 8.42 Å². The van der Waals surface area contributed by atoms with E-state index >= 15 is 0 Å². The van der Waals surface area contributed by atoms with Crippen molar-refractivity contribution in [1.82, 2.24) is 0 Å². The number of hydrogen-bond donors (Lipinski definition) is 0. The smallest absolute Gasteiger partial charge is 0.217 e. The van der Waals surface area contributed by atoms with Crippen molar-refractivity contribution in [3.63, 3.8) is 0 Å². The molecule has 0 radical (unpaired) electrons. The molecule has 4 rings (SSSR count). The molecule has 0 saturated carbocycles. The fourth-order valence-electron chi connectivity index (χ4n) is 5.81. The van der Waals surface area contributed by atoms with Crippen LogP contribution in [0.15, 0.2) is 24.5 Å². The van der Waals surface area contributed by atoms with Gasteiger partial charge in [0.2, 0.25) is 9.84 Å². The SMILES string of the molecule is Cc1c(C)c(C)c([S+]2c3c(C)c(C)c(C)c(C)c3S(=O)(=O)c3c(C)c(C)c(C)c(C)c32)c(C)c1C. The third kappa shape index (κ3) is 3.25. The van der Waals surface area contributed by atoms with E-state index in [1.165, 1.54) is 43.8 Å². The standard InChI is InChI=1S/C31H39O2S2/c1-14-15(2)21(8)27(22(9)16(14)3)34-28-23(10)17(4)19(6)25(12)30(28)35(32,33)31-26(13)20(7)18(5)24(11)29(31)34/h1-13H3/q+1. The van der Waals surface area contributed by atoms with Crippen molar-refractivity contribution in [2.24, 2.45) is 0 Å². The van der Waals surface area contributed by atoms with Crippen molar-refractivity contribution >= 4 is 20.7 Å². The van der Waals surface area contributed by atoms with Crippen LogP contribution in [0.25, 0.3) is 0 Å². The Labute approximate surface area is 215 Å². The molecule has 0 saturated heterocycles. The second-order valence-electron chi connectivity index (χ2n) is 10.6. The van der Waals surface area contributed by atoms with Crippen LogP contribution in [0.1, 0.15) is 72.3 Å². The molecule has 0 unspecified atom stereocenters. The monoisotopic (exact) mass is 507 g/mol. The molecule has 3 aromatic carbocycles. The Balaban J connectivity index is 2.40. The summed E-state index contributed by atoms with van der Waals surface area (Å²) < 4.78 is 29.0. The number of sulfone groups is 1. The van der Waals surface area contributed by atoms with E-state index in [0.29, 0.717) is 9.79 Å². The van der Waals surface area contributed by atoms with Gasteiger partial charge in [-0.1, -0.05) is 0 Å². The fraction of sp³-hybridized carbons (Fsp3) is 0.419. The largest absolute Gasteiger partial charge is 0.218 e. The molecule has 0 aliphatic carbocycles. The molecule has 0 N–H and O–H groups in total. The first-order chi connectivity index (χ1) is 16.1. The van der Waals surface area contributed by atoms with Gasteiger partial charge in [-0.15, -0.1) is 0 Å². The second-order valence-corrected chi connectivity index (χ2v) is 14.2. The van der Waals surface area contributed by atoms with Crippen molar-refractivity contribution < 1.29 is 8.42 Å². The summed E-state index contributed by atoms with van der Waals surface area (Å²) in [6.45, 7) is 27.8. The van der Waals surface area contributed by atoms with Crippen LogP contribution < -0.4 is 0 Å². The molecule has 0 aromatic heterocycles. The third-order valence-electron chi connectivity index (χ3n) is 9.23. The minimum atomic E-state index is -3.67. The van der Waals surface area contributed by atoms with Crippen molar-refractivity contribution in [3.05, 3.63) is 72.3 Å². The van der Waals surface area contributed by atoms with Gasteiger partial charge < -0.3 is 0 Å². The Morgan fingerprint density at radius 1 is 0.343 bits per heavy atom. The van der Waals surface area contributed by atoms with Gasteiger partial charge in [0.15, 0.2) is 14.7 Å². The second kappa shape index (κ2) is 8.24. The summed E-state index contributed by atoms with van der Waals surface area (Å²) in [6, 6.07) is 0. The normalized spacial score (nSPS) is 14.8. The predicted molar refractivity (Wildman–Crippen MR) is 149 cm³/mol. The molecular weight excluding hydrogens is 468 g/mol. The van der Waals surface area contributed by atoms with Gasteiger partial charge in [-0.3, -0.25) is 0 Å². The lowest BCUT2D eigenvalue weighted by Crippen LogP contribution is -2.28. The maximum Gasteiger partial charge on any atom is 0.217 e. The highest BCUT2D eigenvalue weighted by atomic mass is 32.2. The molecular formula is C31H39O2S2+. The molecule has 4 heteroatoms. The van der Waals surface area contributed by atoms with Crippen LogP contribution in [0.3, 0.4) is 0 Å². The average Bonchev–Trinajstić information content (AvgIpc) is 2.80. The molecule has 35 heavy (non-hydrogen) atoms. The maximum absolute atomic E-state index is 14.5. The van der Waals surface area contributed by atoms with Gasteiger partial charge in [-0.05, 0) is 140 Å². The topological polar surface area (TPSA) is 34.1 Å². The van der Waals surface area contributed by atoms with Crippen LogP contribution in [-0.2, 0) is 20.7 Å². The average molecular weight is 508 g/mol. The lowest BCUT2D eigenvalue weighted by atomic mass is 9.95. The Bertz CT molecular complexity index is 1460. The van der Waals surface area contributed by atoms with Crippen LogP contribution in [0.4, 0.5) is 0 Å². The molecule has 2 nitrogen and oxygen atoms in total. The van der Waals surface area contributed by atoms with E-state index in [1.54, 1.807) is 0 Å². The Morgan fingerprint density at radius 2 is 0.571 bits per heavy atom. The molecule has 3 aromatic rings. The van der Waals surface area contributed by atoms with Crippen LogP contribution in [-0.4, -0.2) is 8.42 Å². The van der Waals surface area contributed by atoms with Gasteiger partial charge in [0.25, 0.3) is 0 Å².